The molecule has 20 heavy (non-hydrogen) atoms. The van der Waals surface area contributed by atoms with Gasteiger partial charge >= 0.3 is 0 Å². The average Bonchev–Trinajstić information content (AvgIpc) is 2.92. The molecule has 0 radical (unpaired) electrons. The van der Waals surface area contributed by atoms with Gasteiger partial charge in [0.15, 0.2) is 0 Å². The van der Waals surface area contributed by atoms with Crippen LogP contribution in [0.4, 0.5) is 10.1 Å². The van der Waals surface area contributed by atoms with E-state index < -0.39 is 11.7 Å². The summed E-state index contributed by atoms with van der Waals surface area (Å²) in [6.45, 7) is -0.0845. The number of anilines is 1. The molecule has 0 fully saturated rings. The number of nitrogens with one attached hydrogen (secondary N) is 2. The highest BCUT2D eigenvalue weighted by molar-refractivity contribution is 6.05. The van der Waals surface area contributed by atoms with Gasteiger partial charge in [-0.15, -0.1) is 0 Å². The van der Waals surface area contributed by atoms with Gasteiger partial charge in [-0.25, -0.2) is 4.39 Å². The number of aliphatic hydroxyl groups is 1. The zero-order valence-electron chi connectivity index (χ0n) is 10.5. The van der Waals surface area contributed by atoms with Gasteiger partial charge in [-0.1, -0.05) is 11.8 Å². The number of hydrogen-bond acceptors (Lipinski definition) is 3. The summed E-state index contributed by atoms with van der Waals surface area (Å²) in [7, 11) is 0. The Bertz CT molecular complexity index is 657. The monoisotopic (exact) mass is 273 g/mol. The smallest absolute Gasteiger partial charge is 0.257 e. The molecule has 0 aliphatic carbocycles. The molecule has 0 aliphatic heterocycles. The van der Waals surface area contributed by atoms with E-state index in [-0.39, 0.29) is 24.2 Å². The van der Waals surface area contributed by atoms with Crippen LogP contribution >= 0.6 is 0 Å². The summed E-state index contributed by atoms with van der Waals surface area (Å²) >= 11 is 0. The van der Waals surface area contributed by atoms with Crippen LogP contribution in [0.15, 0.2) is 30.6 Å². The molecule has 6 heteroatoms. The van der Waals surface area contributed by atoms with Crippen molar-refractivity contribution in [2.45, 2.75) is 6.42 Å². The van der Waals surface area contributed by atoms with Crippen LogP contribution in [0, 0.1) is 17.7 Å². The van der Waals surface area contributed by atoms with Crippen LogP contribution < -0.4 is 5.32 Å². The van der Waals surface area contributed by atoms with Crippen LogP contribution in [0.2, 0.25) is 0 Å². The highest BCUT2D eigenvalue weighted by Crippen LogP contribution is 2.13. The van der Waals surface area contributed by atoms with E-state index in [1.165, 1.54) is 30.6 Å². The van der Waals surface area contributed by atoms with Crippen molar-refractivity contribution >= 4 is 11.6 Å². The largest absolute Gasteiger partial charge is 0.395 e. The first-order valence-electron chi connectivity index (χ1n) is 5.90. The molecule has 0 unspecified atom stereocenters. The molecule has 0 spiro atoms. The molecule has 1 heterocycles. The van der Waals surface area contributed by atoms with Crippen LogP contribution in [0.3, 0.4) is 0 Å². The van der Waals surface area contributed by atoms with E-state index in [0.717, 1.165) is 0 Å². The summed E-state index contributed by atoms with van der Waals surface area (Å²) < 4.78 is 13.2. The molecule has 1 aromatic carbocycles. The van der Waals surface area contributed by atoms with E-state index in [1.54, 1.807) is 0 Å². The molecule has 5 nitrogen and oxygen atoms in total. The standard InChI is InChI=1S/C14H12FN3O2/c15-11-4-5-13(10(7-11)3-1-2-6-19)14(20)18-12-8-16-17-9-12/h4-5,7-9,19H,2,6H2,(H,16,17)(H,18,20). The van der Waals surface area contributed by atoms with Gasteiger partial charge in [0.05, 0.1) is 24.1 Å². The first-order valence-corrected chi connectivity index (χ1v) is 5.90. The number of H-pyrrole nitrogens is 1. The van der Waals surface area contributed by atoms with Crippen molar-refractivity contribution in [3.8, 4) is 11.8 Å². The minimum atomic E-state index is -0.474. The molecule has 1 amide bonds. The van der Waals surface area contributed by atoms with Gasteiger partial charge in [0.1, 0.15) is 5.82 Å². The van der Waals surface area contributed by atoms with Crippen LogP contribution in [-0.4, -0.2) is 27.8 Å². The molecule has 3 N–H and O–H groups in total. The fraction of sp³-hybridized carbons (Fsp3) is 0.143. The van der Waals surface area contributed by atoms with Crippen molar-refractivity contribution in [2.75, 3.05) is 11.9 Å². The number of aliphatic hydroxyl groups excluding tert-OH is 1. The maximum Gasteiger partial charge on any atom is 0.257 e. The van der Waals surface area contributed by atoms with Crippen molar-refractivity contribution in [1.82, 2.24) is 10.2 Å². The summed E-state index contributed by atoms with van der Waals surface area (Å²) in [6.07, 6.45) is 3.25. The number of rotatable bonds is 3. The van der Waals surface area contributed by atoms with E-state index in [1.807, 2.05) is 0 Å². The Hall–Kier alpha value is -2.65. The predicted molar refractivity (Wildman–Crippen MR) is 71.5 cm³/mol. The second-order valence-corrected chi connectivity index (χ2v) is 3.91. The molecule has 2 rings (SSSR count). The number of carbonyl (C=O) groups excluding carboxylic acids is 1. The lowest BCUT2D eigenvalue weighted by Crippen LogP contribution is -2.13. The van der Waals surface area contributed by atoms with E-state index in [9.17, 15) is 9.18 Å². The molecule has 2 aromatic rings. The van der Waals surface area contributed by atoms with Crippen molar-refractivity contribution in [1.29, 1.82) is 0 Å². The molecule has 0 saturated heterocycles. The fourth-order valence-corrected chi connectivity index (χ4v) is 1.55. The van der Waals surface area contributed by atoms with Crippen molar-refractivity contribution < 1.29 is 14.3 Å². The number of amides is 1. The summed E-state index contributed by atoms with van der Waals surface area (Å²) in [5, 5.41) is 17.6. The van der Waals surface area contributed by atoms with E-state index in [4.69, 9.17) is 5.11 Å². The van der Waals surface area contributed by atoms with Gasteiger partial charge < -0.3 is 10.4 Å². The zero-order chi connectivity index (χ0) is 14.4. The van der Waals surface area contributed by atoms with Crippen LogP contribution in [0.25, 0.3) is 0 Å². The molecular formula is C14H12FN3O2. The number of halogens is 1. The number of benzene rings is 1. The Morgan fingerprint density at radius 2 is 2.35 bits per heavy atom. The zero-order valence-corrected chi connectivity index (χ0v) is 10.5. The van der Waals surface area contributed by atoms with Crippen LogP contribution in [0.1, 0.15) is 22.3 Å². The van der Waals surface area contributed by atoms with Crippen molar-refractivity contribution in [2.24, 2.45) is 0 Å². The lowest BCUT2D eigenvalue weighted by molar-refractivity contribution is 0.102. The lowest BCUT2D eigenvalue weighted by Gasteiger charge is -2.05. The van der Waals surface area contributed by atoms with E-state index in [0.29, 0.717) is 5.69 Å². The molecule has 102 valence electrons. The number of aromatic nitrogens is 2. The summed E-state index contributed by atoms with van der Waals surface area (Å²) in [4.78, 5) is 12.1. The number of carbonyl (C=O) groups is 1. The first kappa shape index (κ1) is 13.8. The second kappa shape index (κ2) is 6.50. The first-order chi connectivity index (χ1) is 9.70. The summed E-state index contributed by atoms with van der Waals surface area (Å²) in [5.74, 6) is 4.47. The van der Waals surface area contributed by atoms with Gasteiger partial charge in [0.25, 0.3) is 5.91 Å². The number of hydrogen-bond donors (Lipinski definition) is 3. The third-order valence-electron chi connectivity index (χ3n) is 2.44. The van der Waals surface area contributed by atoms with Gasteiger partial charge in [0, 0.05) is 18.2 Å². The fourth-order valence-electron chi connectivity index (χ4n) is 1.55. The van der Waals surface area contributed by atoms with E-state index >= 15 is 0 Å². The summed E-state index contributed by atoms with van der Waals surface area (Å²) in [5.41, 5.74) is 1.05. The minimum Gasteiger partial charge on any atom is -0.395 e. The van der Waals surface area contributed by atoms with Gasteiger partial charge in [0.2, 0.25) is 0 Å². The van der Waals surface area contributed by atoms with Crippen molar-refractivity contribution in [3.63, 3.8) is 0 Å². The topological polar surface area (TPSA) is 78.0 Å². The van der Waals surface area contributed by atoms with Crippen molar-refractivity contribution in [3.05, 3.63) is 47.5 Å². The molecular weight excluding hydrogens is 261 g/mol. The predicted octanol–water partition coefficient (Wildman–Crippen LogP) is 1.53. The molecule has 1 aromatic heterocycles. The third kappa shape index (κ3) is 3.43. The molecule has 0 saturated carbocycles. The number of aromatic amines is 1. The van der Waals surface area contributed by atoms with Gasteiger partial charge in [-0.2, -0.15) is 5.10 Å². The SMILES string of the molecule is O=C(Nc1cn[nH]c1)c1ccc(F)cc1C#CCCO. The summed E-state index contributed by atoms with van der Waals surface area (Å²) in [6, 6.07) is 3.75. The molecule has 0 aliphatic rings. The average molecular weight is 273 g/mol. The van der Waals surface area contributed by atoms with Gasteiger partial charge in [-0.3, -0.25) is 9.89 Å². The highest BCUT2D eigenvalue weighted by atomic mass is 19.1. The van der Waals surface area contributed by atoms with Gasteiger partial charge in [-0.05, 0) is 18.2 Å². The third-order valence-corrected chi connectivity index (χ3v) is 2.44. The van der Waals surface area contributed by atoms with Crippen LogP contribution in [0.5, 0.6) is 0 Å². The number of nitrogens with zero attached hydrogens (tertiary/aromatic N) is 1. The Balaban J connectivity index is 2.26. The lowest BCUT2D eigenvalue weighted by atomic mass is 10.1. The molecule has 0 atom stereocenters. The Kier molecular flexibility index (Phi) is 4.47. The second-order valence-electron chi connectivity index (χ2n) is 3.91. The van der Waals surface area contributed by atoms with Crippen LogP contribution in [-0.2, 0) is 0 Å². The Morgan fingerprint density at radius 3 is 3.05 bits per heavy atom. The minimum absolute atomic E-state index is 0.0845. The molecule has 0 bridgehead atoms. The van der Waals surface area contributed by atoms with E-state index in [2.05, 4.69) is 27.4 Å². The highest BCUT2D eigenvalue weighted by Gasteiger charge is 2.11. The Morgan fingerprint density at radius 1 is 1.50 bits per heavy atom. The normalized spacial score (nSPS) is 9.70. The quantitative estimate of drug-likeness (QED) is 0.742. The maximum absolute atomic E-state index is 13.2. The Labute approximate surface area is 114 Å². The maximum atomic E-state index is 13.2.